The molecule has 0 amide bonds. The van der Waals surface area contributed by atoms with E-state index in [9.17, 15) is 0 Å². The van der Waals surface area contributed by atoms with E-state index in [1.807, 2.05) is 12.1 Å². The van der Waals surface area contributed by atoms with Crippen molar-refractivity contribution in [1.29, 1.82) is 0 Å². The Morgan fingerprint density at radius 3 is 3.00 bits per heavy atom. The minimum Gasteiger partial charge on any atom is -0.469 e. The number of aliphatic imine (C=N–C) groups is 1. The Labute approximate surface area is 147 Å². The Hall–Kier alpha value is -1.79. The molecule has 2 aromatic rings. The van der Waals surface area contributed by atoms with Crippen molar-refractivity contribution < 1.29 is 9.15 Å². The molecule has 1 aliphatic rings. The number of nitrogens with zero attached hydrogens (tertiary/aromatic N) is 1. The first kappa shape index (κ1) is 17.0. The summed E-state index contributed by atoms with van der Waals surface area (Å²) < 4.78 is 11.2. The molecule has 6 heteroatoms. The van der Waals surface area contributed by atoms with E-state index in [-0.39, 0.29) is 6.10 Å². The molecular weight excluding hydrogens is 322 g/mol. The maximum Gasteiger partial charge on any atom is 0.191 e. The Morgan fingerprint density at radius 1 is 1.25 bits per heavy atom. The molecule has 0 saturated carbocycles. The fraction of sp³-hybridized carbons (Fsp3) is 0.500. The minimum absolute atomic E-state index is 0.289. The summed E-state index contributed by atoms with van der Waals surface area (Å²) in [6.45, 7) is 3.16. The van der Waals surface area contributed by atoms with Crippen LogP contribution < -0.4 is 10.6 Å². The maximum absolute atomic E-state index is 5.78. The molecule has 0 aromatic carbocycles. The highest BCUT2D eigenvalue weighted by atomic mass is 32.1. The van der Waals surface area contributed by atoms with Crippen LogP contribution in [0.5, 0.6) is 0 Å². The zero-order chi connectivity index (χ0) is 16.5. The Bertz CT molecular complexity index is 590. The normalized spacial score (nSPS) is 18.5. The van der Waals surface area contributed by atoms with Crippen LogP contribution in [0, 0.1) is 0 Å². The second-order valence-corrected chi connectivity index (χ2v) is 6.90. The summed E-state index contributed by atoms with van der Waals surface area (Å²) in [5.74, 6) is 1.82. The average molecular weight is 347 g/mol. The third kappa shape index (κ3) is 5.69. The second kappa shape index (κ2) is 9.49. The maximum atomic E-state index is 5.78. The van der Waals surface area contributed by atoms with E-state index in [1.54, 1.807) is 17.6 Å². The molecule has 24 heavy (non-hydrogen) atoms. The van der Waals surface area contributed by atoms with Crippen molar-refractivity contribution in [1.82, 2.24) is 10.6 Å². The molecule has 5 nitrogen and oxygen atoms in total. The van der Waals surface area contributed by atoms with Crippen LogP contribution in [0.1, 0.15) is 29.9 Å². The second-order valence-electron chi connectivity index (χ2n) is 5.87. The Balaban J connectivity index is 1.49. The van der Waals surface area contributed by atoms with Gasteiger partial charge in [-0.25, -0.2) is 4.99 Å². The molecule has 2 N–H and O–H groups in total. The van der Waals surface area contributed by atoms with Gasteiger partial charge >= 0.3 is 0 Å². The minimum atomic E-state index is 0.289. The summed E-state index contributed by atoms with van der Waals surface area (Å²) in [5.41, 5.74) is 0. The molecule has 1 atom stereocenters. The summed E-state index contributed by atoms with van der Waals surface area (Å²) in [6, 6.07) is 8.08. The SMILES string of the molecule is c1coc(CCNC(=NCc2cccs2)NCC2CCCCO2)c1. The smallest absolute Gasteiger partial charge is 0.191 e. The topological polar surface area (TPSA) is 58.8 Å². The number of ether oxygens (including phenoxy) is 1. The number of thiophene rings is 1. The van der Waals surface area contributed by atoms with E-state index < -0.39 is 0 Å². The quantitative estimate of drug-likeness (QED) is 0.596. The predicted octanol–water partition coefficient (Wildman–Crippen LogP) is 3.19. The monoisotopic (exact) mass is 347 g/mol. The van der Waals surface area contributed by atoms with Crippen molar-refractivity contribution in [3.05, 3.63) is 46.5 Å². The average Bonchev–Trinajstić information content (AvgIpc) is 3.31. The van der Waals surface area contributed by atoms with Gasteiger partial charge in [0.25, 0.3) is 0 Å². The van der Waals surface area contributed by atoms with Crippen molar-refractivity contribution in [3.63, 3.8) is 0 Å². The van der Waals surface area contributed by atoms with Gasteiger partial charge in [0.05, 0.1) is 18.9 Å². The van der Waals surface area contributed by atoms with E-state index in [0.717, 1.165) is 44.3 Å². The third-order valence-electron chi connectivity index (χ3n) is 3.99. The van der Waals surface area contributed by atoms with Gasteiger partial charge in [-0.15, -0.1) is 11.3 Å². The molecular formula is C18H25N3O2S. The van der Waals surface area contributed by atoms with E-state index >= 15 is 0 Å². The van der Waals surface area contributed by atoms with E-state index in [4.69, 9.17) is 9.15 Å². The van der Waals surface area contributed by atoms with Crippen LogP contribution >= 0.6 is 11.3 Å². The summed E-state index contributed by atoms with van der Waals surface area (Å²) in [7, 11) is 0. The number of guanidine groups is 1. The number of nitrogens with one attached hydrogen (secondary N) is 2. The van der Waals surface area contributed by atoms with Gasteiger partial charge in [-0.2, -0.15) is 0 Å². The molecule has 1 unspecified atom stereocenters. The first-order valence-electron chi connectivity index (χ1n) is 8.59. The molecule has 1 saturated heterocycles. The van der Waals surface area contributed by atoms with Gasteiger partial charge in [0.1, 0.15) is 5.76 Å². The lowest BCUT2D eigenvalue weighted by molar-refractivity contribution is 0.0194. The Kier molecular flexibility index (Phi) is 6.74. The number of rotatable bonds is 7. The van der Waals surface area contributed by atoms with Gasteiger partial charge < -0.3 is 19.8 Å². The molecule has 1 aliphatic heterocycles. The van der Waals surface area contributed by atoms with E-state index in [0.29, 0.717) is 6.54 Å². The lowest BCUT2D eigenvalue weighted by Gasteiger charge is -2.23. The molecule has 3 heterocycles. The summed E-state index contributed by atoms with van der Waals surface area (Å²) >= 11 is 1.73. The van der Waals surface area contributed by atoms with Crippen LogP contribution in [0.25, 0.3) is 0 Å². The largest absolute Gasteiger partial charge is 0.469 e. The van der Waals surface area contributed by atoms with Gasteiger partial charge in [0.15, 0.2) is 5.96 Å². The van der Waals surface area contributed by atoms with Crippen molar-refractivity contribution in [2.45, 2.75) is 38.3 Å². The number of hydrogen-bond donors (Lipinski definition) is 2. The predicted molar refractivity (Wildman–Crippen MR) is 97.5 cm³/mol. The van der Waals surface area contributed by atoms with Crippen LogP contribution in [0.4, 0.5) is 0 Å². The Morgan fingerprint density at radius 2 is 2.25 bits per heavy atom. The van der Waals surface area contributed by atoms with Gasteiger partial charge in [-0.1, -0.05) is 6.07 Å². The van der Waals surface area contributed by atoms with Crippen molar-refractivity contribution in [2.75, 3.05) is 19.7 Å². The lowest BCUT2D eigenvalue weighted by atomic mass is 10.1. The standard InChI is InChI=1S/C18H25N3O2S/c1-2-10-23-16(5-1)13-20-18(21-14-17-7-4-12-24-17)19-9-8-15-6-3-11-22-15/h3-4,6-7,11-12,16H,1-2,5,8-10,13-14H2,(H2,19,20,21). The van der Waals surface area contributed by atoms with E-state index in [1.165, 1.54) is 17.7 Å². The van der Waals surface area contributed by atoms with E-state index in [2.05, 4.69) is 33.1 Å². The van der Waals surface area contributed by atoms with Gasteiger partial charge in [0.2, 0.25) is 0 Å². The fourth-order valence-electron chi connectivity index (χ4n) is 2.67. The number of furan rings is 1. The molecule has 0 spiro atoms. The molecule has 2 aromatic heterocycles. The summed E-state index contributed by atoms with van der Waals surface area (Å²) in [4.78, 5) is 5.95. The highest BCUT2D eigenvalue weighted by molar-refractivity contribution is 7.09. The van der Waals surface area contributed by atoms with Crippen molar-refractivity contribution >= 4 is 17.3 Å². The zero-order valence-electron chi connectivity index (χ0n) is 13.9. The number of hydrogen-bond acceptors (Lipinski definition) is 4. The molecule has 130 valence electrons. The van der Waals surface area contributed by atoms with Crippen LogP contribution in [0.2, 0.25) is 0 Å². The van der Waals surface area contributed by atoms with Crippen LogP contribution in [-0.4, -0.2) is 31.8 Å². The molecule has 0 aliphatic carbocycles. The van der Waals surface area contributed by atoms with Crippen LogP contribution in [-0.2, 0) is 17.7 Å². The van der Waals surface area contributed by atoms with Crippen molar-refractivity contribution in [3.8, 4) is 0 Å². The van der Waals surface area contributed by atoms with Gasteiger partial charge in [-0.05, 0) is 42.8 Å². The molecule has 1 fully saturated rings. The highest BCUT2D eigenvalue weighted by Crippen LogP contribution is 2.12. The summed E-state index contributed by atoms with van der Waals surface area (Å²) in [5, 5.41) is 8.89. The third-order valence-corrected chi connectivity index (χ3v) is 4.85. The molecule has 0 radical (unpaired) electrons. The fourth-order valence-corrected chi connectivity index (χ4v) is 3.30. The first-order valence-corrected chi connectivity index (χ1v) is 9.46. The van der Waals surface area contributed by atoms with Crippen molar-refractivity contribution in [2.24, 2.45) is 4.99 Å². The van der Waals surface area contributed by atoms with Crippen LogP contribution in [0.3, 0.4) is 0 Å². The summed E-state index contributed by atoms with van der Waals surface area (Å²) in [6.07, 6.45) is 6.39. The van der Waals surface area contributed by atoms with Gasteiger partial charge in [-0.3, -0.25) is 0 Å². The molecule has 0 bridgehead atoms. The first-order chi connectivity index (χ1) is 11.9. The van der Waals surface area contributed by atoms with Crippen LogP contribution in [0.15, 0.2) is 45.3 Å². The highest BCUT2D eigenvalue weighted by Gasteiger charge is 2.14. The van der Waals surface area contributed by atoms with Gasteiger partial charge in [0, 0.05) is 31.0 Å². The lowest BCUT2D eigenvalue weighted by Crippen LogP contribution is -2.43. The molecule has 3 rings (SSSR count). The zero-order valence-corrected chi connectivity index (χ0v) is 14.7.